The molecule has 2 aliphatic rings. The average molecular weight is 435 g/mol. The molecule has 0 saturated carbocycles. The quantitative estimate of drug-likeness (QED) is 0.647. The Kier molecular flexibility index (Phi) is 5.05. The predicted molar refractivity (Wildman–Crippen MR) is 118 cm³/mol. The number of carbonyl (C=O) groups is 2. The SMILES string of the molecule is C[C@]1(CO)Cc2cc(NC(=O)c3cnn4cccnc34)c(N3CCCC(=O)CC3)cc2O1. The summed E-state index contributed by atoms with van der Waals surface area (Å²) >= 11 is 0. The van der Waals surface area contributed by atoms with Gasteiger partial charge in [0.2, 0.25) is 0 Å². The van der Waals surface area contributed by atoms with Gasteiger partial charge in [-0.15, -0.1) is 0 Å². The maximum atomic E-state index is 13.2. The molecule has 0 radical (unpaired) electrons. The molecule has 1 fully saturated rings. The second-order valence-electron chi connectivity index (χ2n) is 8.64. The predicted octanol–water partition coefficient (Wildman–Crippen LogP) is 2.23. The minimum Gasteiger partial charge on any atom is -0.484 e. The molecular formula is C23H25N5O4. The Morgan fingerprint density at radius 3 is 3.03 bits per heavy atom. The summed E-state index contributed by atoms with van der Waals surface area (Å²) in [4.78, 5) is 31.5. The minimum atomic E-state index is -0.691. The first-order valence-electron chi connectivity index (χ1n) is 10.8. The summed E-state index contributed by atoms with van der Waals surface area (Å²) in [7, 11) is 0. The van der Waals surface area contributed by atoms with Crippen molar-refractivity contribution in [3.63, 3.8) is 0 Å². The molecule has 0 aliphatic carbocycles. The normalized spacial score (nSPS) is 20.7. The lowest BCUT2D eigenvalue weighted by atomic mass is 9.99. The van der Waals surface area contributed by atoms with Gasteiger partial charge in [0, 0.05) is 56.4 Å². The maximum Gasteiger partial charge on any atom is 0.261 e. The van der Waals surface area contributed by atoms with Gasteiger partial charge in [0.1, 0.15) is 22.7 Å². The molecule has 1 aromatic carbocycles. The Bertz CT molecular complexity index is 1210. The number of amides is 1. The smallest absolute Gasteiger partial charge is 0.261 e. The number of hydrogen-bond donors (Lipinski definition) is 2. The third-order valence-electron chi connectivity index (χ3n) is 6.09. The van der Waals surface area contributed by atoms with E-state index in [1.54, 1.807) is 23.0 Å². The number of fused-ring (bicyclic) bond motifs is 2. The Labute approximate surface area is 185 Å². The van der Waals surface area contributed by atoms with Gasteiger partial charge in [-0.1, -0.05) is 0 Å². The summed E-state index contributed by atoms with van der Waals surface area (Å²) in [6.45, 7) is 3.05. The number of aromatic nitrogens is 3. The van der Waals surface area contributed by atoms with Crippen LogP contribution in [0.2, 0.25) is 0 Å². The van der Waals surface area contributed by atoms with E-state index >= 15 is 0 Å². The fraction of sp³-hybridized carbons (Fsp3) is 0.391. The van der Waals surface area contributed by atoms with Gasteiger partial charge in [-0.3, -0.25) is 9.59 Å². The Morgan fingerprint density at radius 2 is 2.19 bits per heavy atom. The van der Waals surface area contributed by atoms with E-state index in [9.17, 15) is 14.7 Å². The van der Waals surface area contributed by atoms with E-state index in [-0.39, 0.29) is 18.3 Å². The van der Waals surface area contributed by atoms with Crippen LogP contribution in [0.15, 0.2) is 36.8 Å². The lowest BCUT2D eigenvalue weighted by Gasteiger charge is -2.26. The number of anilines is 2. The molecule has 2 aromatic heterocycles. The zero-order valence-corrected chi connectivity index (χ0v) is 17.9. The highest BCUT2D eigenvalue weighted by Gasteiger charge is 2.36. The van der Waals surface area contributed by atoms with E-state index in [2.05, 4.69) is 20.3 Å². The van der Waals surface area contributed by atoms with Crippen LogP contribution in [-0.2, 0) is 11.2 Å². The van der Waals surface area contributed by atoms with E-state index in [0.29, 0.717) is 55.0 Å². The van der Waals surface area contributed by atoms with Crippen LogP contribution in [0.25, 0.3) is 5.65 Å². The summed E-state index contributed by atoms with van der Waals surface area (Å²) in [6.07, 6.45) is 7.20. The van der Waals surface area contributed by atoms with Gasteiger partial charge in [0.15, 0.2) is 5.65 Å². The van der Waals surface area contributed by atoms with E-state index in [0.717, 1.165) is 17.7 Å². The number of ketones is 1. The van der Waals surface area contributed by atoms with Crippen molar-refractivity contribution in [3.8, 4) is 5.75 Å². The summed E-state index contributed by atoms with van der Waals surface area (Å²) in [5.41, 5.74) is 2.53. The molecule has 5 rings (SSSR count). The number of rotatable bonds is 4. The topological polar surface area (TPSA) is 109 Å². The van der Waals surface area contributed by atoms with Crippen molar-refractivity contribution < 1.29 is 19.4 Å². The van der Waals surface area contributed by atoms with Gasteiger partial charge < -0.3 is 20.1 Å². The summed E-state index contributed by atoms with van der Waals surface area (Å²) < 4.78 is 7.59. The Morgan fingerprint density at radius 1 is 1.31 bits per heavy atom. The number of benzene rings is 1. The zero-order chi connectivity index (χ0) is 22.3. The van der Waals surface area contributed by atoms with E-state index in [4.69, 9.17) is 4.74 Å². The Hall–Kier alpha value is -3.46. The number of carbonyl (C=O) groups excluding carboxylic acids is 2. The molecule has 4 heterocycles. The van der Waals surface area contributed by atoms with Crippen molar-refractivity contribution in [1.29, 1.82) is 0 Å². The largest absolute Gasteiger partial charge is 0.484 e. The maximum absolute atomic E-state index is 13.2. The van der Waals surface area contributed by atoms with Crippen molar-refractivity contribution >= 4 is 28.7 Å². The number of aliphatic hydroxyl groups is 1. The fourth-order valence-corrected chi connectivity index (χ4v) is 4.38. The number of nitrogens with zero attached hydrogens (tertiary/aromatic N) is 4. The van der Waals surface area contributed by atoms with Crippen LogP contribution >= 0.6 is 0 Å². The van der Waals surface area contributed by atoms with Gasteiger partial charge in [-0.2, -0.15) is 5.10 Å². The Balaban J connectivity index is 1.52. The van der Waals surface area contributed by atoms with Crippen molar-refractivity contribution in [2.24, 2.45) is 0 Å². The van der Waals surface area contributed by atoms with Crippen LogP contribution in [0.4, 0.5) is 11.4 Å². The first kappa shape index (κ1) is 20.4. The third kappa shape index (κ3) is 3.69. The highest BCUT2D eigenvalue weighted by molar-refractivity contribution is 6.09. The van der Waals surface area contributed by atoms with Crippen LogP contribution in [0.5, 0.6) is 5.75 Å². The number of aliphatic hydroxyl groups excluding tert-OH is 1. The molecule has 0 unspecified atom stereocenters. The van der Waals surface area contributed by atoms with Crippen molar-refractivity contribution in [1.82, 2.24) is 14.6 Å². The molecular weight excluding hydrogens is 410 g/mol. The van der Waals surface area contributed by atoms with Crippen LogP contribution in [0, 0.1) is 0 Å². The monoisotopic (exact) mass is 435 g/mol. The lowest BCUT2D eigenvalue weighted by molar-refractivity contribution is -0.118. The molecule has 9 heteroatoms. The van der Waals surface area contributed by atoms with Crippen molar-refractivity contribution in [2.75, 3.05) is 29.9 Å². The third-order valence-corrected chi connectivity index (χ3v) is 6.09. The van der Waals surface area contributed by atoms with Gasteiger partial charge in [0.25, 0.3) is 5.91 Å². The molecule has 32 heavy (non-hydrogen) atoms. The van der Waals surface area contributed by atoms with Gasteiger partial charge >= 0.3 is 0 Å². The summed E-state index contributed by atoms with van der Waals surface area (Å²) in [5.74, 6) is 0.637. The minimum absolute atomic E-state index is 0.106. The molecule has 3 aromatic rings. The van der Waals surface area contributed by atoms with E-state index in [1.807, 2.05) is 19.1 Å². The fourth-order valence-electron chi connectivity index (χ4n) is 4.38. The molecule has 1 saturated heterocycles. The molecule has 9 nitrogen and oxygen atoms in total. The highest BCUT2D eigenvalue weighted by Crippen LogP contribution is 2.42. The second-order valence-corrected chi connectivity index (χ2v) is 8.64. The number of nitrogens with one attached hydrogen (secondary N) is 1. The van der Waals surface area contributed by atoms with Gasteiger partial charge in [-0.05, 0) is 25.5 Å². The van der Waals surface area contributed by atoms with Gasteiger partial charge in [0.05, 0.1) is 24.2 Å². The molecule has 2 aliphatic heterocycles. The first-order valence-corrected chi connectivity index (χ1v) is 10.8. The van der Waals surface area contributed by atoms with Crippen LogP contribution < -0.4 is 15.0 Å². The molecule has 2 N–H and O–H groups in total. The second kappa shape index (κ2) is 7.90. The van der Waals surface area contributed by atoms with E-state index < -0.39 is 5.60 Å². The standard InChI is InChI=1S/C23H25N5O4/c1-23(14-29)12-15-10-18(26-22(31)17-13-25-28-8-3-6-24-21(17)28)19(11-20(15)32-23)27-7-2-4-16(30)5-9-27/h3,6,8,10-11,13,29H,2,4-5,7,9,12,14H2,1H3,(H,26,31)/t23-/m1/s1. The highest BCUT2D eigenvalue weighted by atomic mass is 16.5. The number of Topliss-reactive ketones (excluding diaryl/α,β-unsaturated/α-hetero) is 1. The summed E-state index contributed by atoms with van der Waals surface area (Å²) in [6, 6.07) is 5.57. The molecule has 1 atom stereocenters. The first-order chi connectivity index (χ1) is 15.5. The molecule has 0 spiro atoms. The average Bonchev–Trinajstić information content (AvgIpc) is 3.28. The van der Waals surface area contributed by atoms with Crippen molar-refractivity contribution in [3.05, 3.63) is 47.9 Å². The van der Waals surface area contributed by atoms with Crippen LogP contribution in [0.1, 0.15) is 42.1 Å². The lowest BCUT2D eigenvalue weighted by Crippen LogP contribution is -2.34. The zero-order valence-electron chi connectivity index (χ0n) is 17.9. The number of ether oxygens (including phenoxy) is 1. The summed E-state index contributed by atoms with van der Waals surface area (Å²) in [5, 5.41) is 17.0. The van der Waals surface area contributed by atoms with Crippen LogP contribution in [-0.4, -0.2) is 56.7 Å². The van der Waals surface area contributed by atoms with Crippen molar-refractivity contribution in [2.45, 2.75) is 38.2 Å². The van der Waals surface area contributed by atoms with E-state index in [1.165, 1.54) is 6.20 Å². The van der Waals surface area contributed by atoms with Crippen LogP contribution in [0.3, 0.4) is 0 Å². The molecule has 166 valence electrons. The van der Waals surface area contributed by atoms with Gasteiger partial charge in [-0.25, -0.2) is 9.50 Å². The number of hydrogen-bond acceptors (Lipinski definition) is 7. The molecule has 0 bridgehead atoms. The molecule has 1 amide bonds.